The molecule has 7 nitrogen and oxygen atoms in total. The summed E-state index contributed by atoms with van der Waals surface area (Å²) in [5, 5.41) is 0. The summed E-state index contributed by atoms with van der Waals surface area (Å²) < 4.78 is 27.6. The first-order chi connectivity index (χ1) is 12.5. The van der Waals surface area contributed by atoms with Crippen molar-refractivity contribution in [2.45, 2.75) is 24.7 Å². The predicted octanol–water partition coefficient (Wildman–Crippen LogP) is 1.87. The van der Waals surface area contributed by atoms with Crippen molar-refractivity contribution in [3.8, 4) is 0 Å². The Morgan fingerprint density at radius 2 is 1.88 bits per heavy atom. The molecule has 0 aliphatic carbocycles. The largest absolute Gasteiger partial charge is 0.341 e. The number of nitrogens with one attached hydrogen (secondary N) is 1. The minimum atomic E-state index is -3.62. The van der Waals surface area contributed by atoms with Gasteiger partial charge in [0.1, 0.15) is 0 Å². The Bertz CT molecular complexity index is 863. The lowest BCUT2D eigenvalue weighted by Crippen LogP contribution is -2.39. The summed E-state index contributed by atoms with van der Waals surface area (Å²) in [5.74, 6) is 0.825. The summed E-state index contributed by atoms with van der Waals surface area (Å²) in [6.07, 6.45) is 5.18. The van der Waals surface area contributed by atoms with Gasteiger partial charge in [0.05, 0.1) is 4.90 Å². The van der Waals surface area contributed by atoms with Crippen molar-refractivity contribution in [3.05, 3.63) is 48.3 Å². The lowest BCUT2D eigenvalue weighted by molar-refractivity contribution is 0.101. The lowest BCUT2D eigenvalue weighted by Gasteiger charge is -2.31. The van der Waals surface area contributed by atoms with Crippen LogP contribution >= 0.6 is 0 Å². The van der Waals surface area contributed by atoms with Crippen LogP contribution in [0.1, 0.15) is 30.1 Å². The Hall–Kier alpha value is -2.32. The van der Waals surface area contributed by atoms with Crippen molar-refractivity contribution >= 4 is 21.8 Å². The second-order valence-electron chi connectivity index (χ2n) is 6.42. The van der Waals surface area contributed by atoms with Crippen molar-refractivity contribution in [2.24, 2.45) is 5.92 Å². The number of anilines is 1. The Labute approximate surface area is 153 Å². The maximum Gasteiger partial charge on any atom is 0.240 e. The van der Waals surface area contributed by atoms with Crippen LogP contribution in [0.15, 0.2) is 47.6 Å². The van der Waals surface area contributed by atoms with E-state index in [9.17, 15) is 13.2 Å². The van der Waals surface area contributed by atoms with Gasteiger partial charge in [-0.15, -0.1) is 0 Å². The molecule has 3 rings (SSSR count). The van der Waals surface area contributed by atoms with Gasteiger partial charge in [0.15, 0.2) is 5.78 Å². The molecule has 0 atom stereocenters. The molecule has 1 fully saturated rings. The number of hydrogen-bond acceptors (Lipinski definition) is 6. The summed E-state index contributed by atoms with van der Waals surface area (Å²) in [7, 11) is -3.62. The van der Waals surface area contributed by atoms with E-state index >= 15 is 0 Å². The van der Waals surface area contributed by atoms with Crippen molar-refractivity contribution in [3.63, 3.8) is 0 Å². The second-order valence-corrected chi connectivity index (χ2v) is 8.18. The van der Waals surface area contributed by atoms with Gasteiger partial charge in [-0.3, -0.25) is 4.79 Å². The number of sulfonamides is 1. The number of carbonyl (C=O) groups excluding carboxylic acids is 1. The standard InChI is InChI=1S/C18H22N4O3S/c1-14(23)16-4-2-5-17(12-16)26(24,25)21-13-15-6-10-22(11-7-15)18-19-8-3-9-20-18/h2-5,8-9,12,15,21H,6-7,10-11,13H2,1H3. The SMILES string of the molecule is CC(=O)c1cccc(S(=O)(=O)NCC2CCN(c3ncccn3)CC2)c1. The Balaban J connectivity index is 1.56. The molecular formula is C18H22N4O3S. The maximum atomic E-state index is 12.5. The average Bonchev–Trinajstić information content (AvgIpc) is 2.68. The van der Waals surface area contributed by atoms with Gasteiger partial charge in [0.2, 0.25) is 16.0 Å². The molecule has 1 saturated heterocycles. The van der Waals surface area contributed by atoms with Crippen molar-refractivity contribution in [1.29, 1.82) is 0 Å². The molecular weight excluding hydrogens is 352 g/mol. The lowest BCUT2D eigenvalue weighted by atomic mass is 9.97. The minimum absolute atomic E-state index is 0.125. The molecule has 1 aliphatic heterocycles. The molecule has 0 amide bonds. The van der Waals surface area contributed by atoms with E-state index in [4.69, 9.17) is 0 Å². The van der Waals surface area contributed by atoms with Gasteiger partial charge in [0, 0.05) is 37.6 Å². The maximum absolute atomic E-state index is 12.5. The topological polar surface area (TPSA) is 92.3 Å². The molecule has 0 unspecified atom stereocenters. The summed E-state index contributed by atoms with van der Waals surface area (Å²) >= 11 is 0. The zero-order valence-corrected chi connectivity index (χ0v) is 15.4. The Morgan fingerprint density at radius 1 is 1.19 bits per heavy atom. The van der Waals surface area contributed by atoms with Gasteiger partial charge in [-0.05, 0) is 43.9 Å². The van der Waals surface area contributed by atoms with E-state index in [1.54, 1.807) is 30.6 Å². The van der Waals surface area contributed by atoms with Crippen LogP contribution < -0.4 is 9.62 Å². The molecule has 1 aliphatic rings. The van der Waals surface area contributed by atoms with E-state index < -0.39 is 10.0 Å². The smallest absolute Gasteiger partial charge is 0.240 e. The van der Waals surface area contributed by atoms with Crippen LogP contribution in [0.3, 0.4) is 0 Å². The molecule has 8 heteroatoms. The van der Waals surface area contributed by atoms with Gasteiger partial charge in [-0.2, -0.15) is 0 Å². The third-order valence-electron chi connectivity index (χ3n) is 4.56. The first-order valence-corrected chi connectivity index (χ1v) is 10.1. The number of carbonyl (C=O) groups is 1. The molecule has 138 valence electrons. The van der Waals surface area contributed by atoms with Crippen molar-refractivity contribution < 1.29 is 13.2 Å². The number of rotatable bonds is 6. The molecule has 0 radical (unpaired) electrons. The average molecular weight is 374 g/mol. The molecule has 0 bridgehead atoms. The molecule has 2 heterocycles. The van der Waals surface area contributed by atoms with Crippen molar-refractivity contribution in [2.75, 3.05) is 24.5 Å². The molecule has 26 heavy (non-hydrogen) atoms. The highest BCUT2D eigenvalue weighted by molar-refractivity contribution is 7.89. The fourth-order valence-corrected chi connectivity index (χ4v) is 4.15. The van der Waals surface area contributed by atoms with Crippen LogP contribution in [0, 0.1) is 5.92 Å². The van der Waals surface area contributed by atoms with Crippen LogP contribution in [0.4, 0.5) is 5.95 Å². The Kier molecular flexibility index (Phi) is 5.63. The molecule has 2 aromatic rings. The number of ketones is 1. The van der Waals surface area contributed by atoms with E-state index in [-0.39, 0.29) is 16.6 Å². The Morgan fingerprint density at radius 3 is 2.54 bits per heavy atom. The normalized spacial score (nSPS) is 15.8. The number of Topliss-reactive ketones (excluding diaryl/α,β-unsaturated/α-hetero) is 1. The summed E-state index contributed by atoms with van der Waals surface area (Å²) in [6.45, 7) is 3.41. The highest BCUT2D eigenvalue weighted by atomic mass is 32.2. The predicted molar refractivity (Wildman–Crippen MR) is 98.6 cm³/mol. The van der Waals surface area contributed by atoms with Gasteiger partial charge < -0.3 is 4.90 Å². The molecule has 1 aromatic heterocycles. The summed E-state index contributed by atoms with van der Waals surface area (Å²) in [5.41, 5.74) is 0.393. The third-order valence-corrected chi connectivity index (χ3v) is 5.98. The van der Waals surface area contributed by atoms with E-state index in [1.165, 1.54) is 19.1 Å². The van der Waals surface area contributed by atoms with Gasteiger partial charge >= 0.3 is 0 Å². The second kappa shape index (κ2) is 7.92. The zero-order valence-electron chi connectivity index (χ0n) is 14.6. The molecule has 1 aromatic carbocycles. The molecule has 0 spiro atoms. The van der Waals surface area contributed by atoms with Crippen LogP contribution in [-0.2, 0) is 10.0 Å². The summed E-state index contributed by atoms with van der Waals surface area (Å²) in [4.78, 5) is 22.2. The first-order valence-electron chi connectivity index (χ1n) is 8.58. The van der Waals surface area contributed by atoms with E-state index in [2.05, 4.69) is 19.6 Å². The zero-order chi connectivity index (χ0) is 18.6. The quantitative estimate of drug-likeness (QED) is 0.776. The molecule has 1 N–H and O–H groups in total. The fourth-order valence-electron chi connectivity index (χ4n) is 2.98. The number of hydrogen-bond donors (Lipinski definition) is 1. The van der Waals surface area contributed by atoms with Gasteiger partial charge in [-0.1, -0.05) is 12.1 Å². The third kappa shape index (κ3) is 4.44. The van der Waals surface area contributed by atoms with Crippen LogP contribution in [0.5, 0.6) is 0 Å². The molecule has 0 saturated carbocycles. The van der Waals surface area contributed by atoms with Gasteiger partial charge in [0.25, 0.3) is 0 Å². The van der Waals surface area contributed by atoms with E-state index in [0.29, 0.717) is 18.1 Å². The summed E-state index contributed by atoms with van der Waals surface area (Å²) in [6, 6.07) is 7.91. The number of piperidine rings is 1. The number of aromatic nitrogens is 2. The van der Waals surface area contributed by atoms with Crippen LogP contribution in [0.25, 0.3) is 0 Å². The fraction of sp³-hybridized carbons (Fsp3) is 0.389. The number of benzene rings is 1. The van der Waals surface area contributed by atoms with E-state index in [1.807, 2.05) is 0 Å². The van der Waals surface area contributed by atoms with Crippen molar-refractivity contribution in [1.82, 2.24) is 14.7 Å². The van der Waals surface area contributed by atoms with Gasteiger partial charge in [-0.25, -0.2) is 23.1 Å². The first kappa shape index (κ1) is 18.5. The highest BCUT2D eigenvalue weighted by Gasteiger charge is 2.23. The number of nitrogens with zero attached hydrogens (tertiary/aromatic N) is 3. The monoisotopic (exact) mass is 374 g/mol. The van der Waals surface area contributed by atoms with E-state index in [0.717, 1.165) is 25.9 Å². The van der Waals surface area contributed by atoms with Crippen LogP contribution in [0.2, 0.25) is 0 Å². The minimum Gasteiger partial charge on any atom is -0.341 e. The van der Waals surface area contributed by atoms with Crippen LogP contribution in [-0.4, -0.2) is 43.8 Å². The highest BCUT2D eigenvalue weighted by Crippen LogP contribution is 2.20.